The molecule has 0 aliphatic heterocycles. The number of aromatic amines is 1. The quantitative estimate of drug-likeness (QED) is 0.794. The van der Waals surface area contributed by atoms with E-state index in [1.54, 1.807) is 6.07 Å². The van der Waals surface area contributed by atoms with Crippen LogP contribution in [0.1, 0.15) is 0 Å². The first kappa shape index (κ1) is 10.9. The van der Waals surface area contributed by atoms with Gasteiger partial charge < -0.3 is 5.73 Å². The second kappa shape index (κ2) is 3.46. The van der Waals surface area contributed by atoms with Gasteiger partial charge in [-0.15, -0.1) is 0 Å². The molecule has 0 atom stereocenters. The molecule has 0 aliphatic rings. The van der Waals surface area contributed by atoms with Crippen LogP contribution in [0.4, 0.5) is 5.82 Å². The van der Waals surface area contributed by atoms with Gasteiger partial charge in [0.1, 0.15) is 0 Å². The van der Waals surface area contributed by atoms with Gasteiger partial charge in [-0.2, -0.15) is 5.10 Å². The molecule has 0 unspecified atom stereocenters. The van der Waals surface area contributed by atoms with Crippen molar-refractivity contribution in [3.8, 4) is 0 Å². The highest BCUT2D eigenvalue weighted by molar-refractivity contribution is 7.89. The summed E-state index contributed by atoms with van der Waals surface area (Å²) in [4.78, 5) is 0.207. The zero-order valence-corrected chi connectivity index (χ0v) is 9.75. The van der Waals surface area contributed by atoms with Crippen molar-refractivity contribution in [3.63, 3.8) is 0 Å². The average Bonchev–Trinajstić information content (AvgIpc) is 2.60. The molecule has 3 N–H and O–H groups in total. The van der Waals surface area contributed by atoms with Crippen LogP contribution in [-0.2, 0) is 10.0 Å². The molecule has 1 aromatic heterocycles. The lowest BCUT2D eigenvalue weighted by Gasteiger charge is -2.10. The normalized spacial score (nSPS) is 12.4. The molecule has 6 nitrogen and oxygen atoms in total. The van der Waals surface area contributed by atoms with Gasteiger partial charge in [0.25, 0.3) is 0 Å². The number of nitrogen functional groups attached to an aromatic ring is 1. The smallest absolute Gasteiger partial charge is 0.242 e. The number of aromatic nitrogens is 2. The molecule has 0 saturated carbocycles. The minimum atomic E-state index is -3.43. The number of sulfonamides is 1. The molecular formula is C9H12N4O2S. The van der Waals surface area contributed by atoms with Gasteiger partial charge in [-0.05, 0) is 18.2 Å². The van der Waals surface area contributed by atoms with Crippen LogP contribution in [0.25, 0.3) is 10.9 Å². The Kier molecular flexibility index (Phi) is 2.36. The number of fused-ring (bicyclic) bond motifs is 1. The number of hydrogen-bond acceptors (Lipinski definition) is 4. The molecule has 0 fully saturated rings. The second-order valence-electron chi connectivity index (χ2n) is 3.60. The van der Waals surface area contributed by atoms with Crippen molar-refractivity contribution in [3.05, 3.63) is 18.2 Å². The van der Waals surface area contributed by atoms with Gasteiger partial charge in [0.2, 0.25) is 10.0 Å². The third-order valence-electron chi connectivity index (χ3n) is 2.34. The summed E-state index contributed by atoms with van der Waals surface area (Å²) in [5.41, 5.74) is 6.33. The molecule has 0 bridgehead atoms. The molecule has 2 aromatic rings. The van der Waals surface area contributed by atoms with Crippen molar-refractivity contribution < 1.29 is 8.42 Å². The van der Waals surface area contributed by atoms with E-state index in [1.807, 2.05) is 0 Å². The number of nitrogens with one attached hydrogen (secondary N) is 1. The lowest BCUT2D eigenvalue weighted by Crippen LogP contribution is -2.22. The van der Waals surface area contributed by atoms with Crippen LogP contribution in [0.3, 0.4) is 0 Å². The van der Waals surface area contributed by atoms with Crippen molar-refractivity contribution in [2.45, 2.75) is 4.90 Å². The Morgan fingerprint density at radius 2 is 2.06 bits per heavy atom. The highest BCUT2D eigenvalue weighted by Gasteiger charge is 2.18. The molecule has 0 aliphatic carbocycles. The summed E-state index contributed by atoms with van der Waals surface area (Å²) in [6, 6.07) is 4.69. The summed E-state index contributed by atoms with van der Waals surface area (Å²) < 4.78 is 24.9. The maximum atomic E-state index is 11.9. The van der Waals surface area contributed by atoms with Crippen LogP contribution in [0, 0.1) is 0 Å². The fourth-order valence-electron chi connectivity index (χ4n) is 1.38. The summed E-state index contributed by atoms with van der Waals surface area (Å²) in [5, 5.41) is 7.13. The molecule has 86 valence electrons. The Bertz CT molecular complexity index is 630. The van der Waals surface area contributed by atoms with Gasteiger partial charge in [0.15, 0.2) is 5.82 Å². The van der Waals surface area contributed by atoms with Crippen LogP contribution in [0.2, 0.25) is 0 Å². The average molecular weight is 240 g/mol. The van der Waals surface area contributed by atoms with Crippen LogP contribution in [-0.4, -0.2) is 37.0 Å². The van der Waals surface area contributed by atoms with Crippen LogP contribution in [0.15, 0.2) is 23.1 Å². The zero-order chi connectivity index (χ0) is 11.9. The SMILES string of the molecule is CN(C)S(=O)(=O)c1ccc2[nH]nc(N)c2c1. The van der Waals surface area contributed by atoms with Crippen molar-refractivity contribution in [1.29, 1.82) is 0 Å². The number of hydrogen-bond donors (Lipinski definition) is 2. The Labute approximate surface area is 93.1 Å². The Hall–Kier alpha value is -1.60. The van der Waals surface area contributed by atoms with Gasteiger partial charge in [-0.3, -0.25) is 5.10 Å². The van der Waals surface area contributed by atoms with E-state index in [-0.39, 0.29) is 4.90 Å². The molecule has 1 heterocycles. The summed E-state index contributed by atoms with van der Waals surface area (Å²) >= 11 is 0. The number of H-pyrrole nitrogens is 1. The minimum Gasteiger partial charge on any atom is -0.382 e. The Balaban J connectivity index is 2.68. The van der Waals surface area contributed by atoms with Gasteiger partial charge in [-0.1, -0.05) is 0 Å². The van der Waals surface area contributed by atoms with Crippen molar-refractivity contribution in [2.75, 3.05) is 19.8 Å². The number of anilines is 1. The molecule has 0 amide bonds. The minimum absolute atomic E-state index is 0.207. The molecule has 7 heteroatoms. The van der Waals surface area contributed by atoms with E-state index in [0.29, 0.717) is 11.2 Å². The highest BCUT2D eigenvalue weighted by Crippen LogP contribution is 2.22. The van der Waals surface area contributed by atoms with Gasteiger partial charge >= 0.3 is 0 Å². The molecule has 0 spiro atoms. The van der Waals surface area contributed by atoms with Gasteiger partial charge in [0, 0.05) is 19.5 Å². The van der Waals surface area contributed by atoms with E-state index in [2.05, 4.69) is 10.2 Å². The monoisotopic (exact) mass is 240 g/mol. The number of benzene rings is 1. The fraction of sp³-hybridized carbons (Fsp3) is 0.222. The fourth-order valence-corrected chi connectivity index (χ4v) is 2.31. The highest BCUT2D eigenvalue weighted by atomic mass is 32.2. The van der Waals surface area contributed by atoms with E-state index in [0.717, 1.165) is 9.82 Å². The van der Waals surface area contributed by atoms with Crippen molar-refractivity contribution in [1.82, 2.24) is 14.5 Å². The van der Waals surface area contributed by atoms with Crippen molar-refractivity contribution >= 4 is 26.7 Å². The lowest BCUT2D eigenvalue weighted by atomic mass is 10.2. The lowest BCUT2D eigenvalue weighted by molar-refractivity contribution is 0.521. The third kappa shape index (κ3) is 1.54. The molecule has 16 heavy (non-hydrogen) atoms. The van der Waals surface area contributed by atoms with Gasteiger partial charge in [0.05, 0.1) is 10.4 Å². The first-order valence-electron chi connectivity index (χ1n) is 4.59. The van der Waals surface area contributed by atoms with E-state index in [9.17, 15) is 8.42 Å². The first-order valence-corrected chi connectivity index (χ1v) is 6.03. The van der Waals surface area contributed by atoms with Crippen LogP contribution < -0.4 is 5.73 Å². The number of nitrogens with zero attached hydrogens (tertiary/aromatic N) is 2. The third-order valence-corrected chi connectivity index (χ3v) is 4.15. The maximum absolute atomic E-state index is 11.9. The summed E-state index contributed by atoms with van der Waals surface area (Å²) in [6.45, 7) is 0. The predicted molar refractivity (Wildman–Crippen MR) is 61.4 cm³/mol. The molecule has 0 radical (unpaired) electrons. The summed E-state index contributed by atoms with van der Waals surface area (Å²) in [6.07, 6.45) is 0. The topological polar surface area (TPSA) is 92.1 Å². The maximum Gasteiger partial charge on any atom is 0.242 e. The second-order valence-corrected chi connectivity index (χ2v) is 5.76. The predicted octanol–water partition coefficient (Wildman–Crippen LogP) is 0.395. The zero-order valence-electron chi connectivity index (χ0n) is 8.93. The number of rotatable bonds is 2. The first-order chi connectivity index (χ1) is 7.43. The van der Waals surface area contributed by atoms with E-state index in [1.165, 1.54) is 26.2 Å². The van der Waals surface area contributed by atoms with Gasteiger partial charge in [-0.25, -0.2) is 12.7 Å². The molecular weight excluding hydrogens is 228 g/mol. The van der Waals surface area contributed by atoms with Crippen LogP contribution in [0.5, 0.6) is 0 Å². The van der Waals surface area contributed by atoms with Crippen LogP contribution >= 0.6 is 0 Å². The largest absolute Gasteiger partial charge is 0.382 e. The van der Waals surface area contributed by atoms with E-state index in [4.69, 9.17) is 5.73 Å². The standard InChI is InChI=1S/C9H12N4O2S/c1-13(2)16(14,15)6-3-4-8-7(5-6)9(10)12-11-8/h3-5H,1-2H3,(H3,10,11,12). The summed E-state index contributed by atoms with van der Waals surface area (Å²) in [7, 11) is -0.458. The molecule has 1 aromatic carbocycles. The van der Waals surface area contributed by atoms with E-state index < -0.39 is 10.0 Å². The molecule has 0 saturated heterocycles. The van der Waals surface area contributed by atoms with E-state index >= 15 is 0 Å². The Morgan fingerprint density at radius 3 is 2.69 bits per heavy atom. The summed E-state index contributed by atoms with van der Waals surface area (Å²) in [5.74, 6) is 0.297. The Morgan fingerprint density at radius 1 is 1.38 bits per heavy atom. The molecule has 2 rings (SSSR count). The van der Waals surface area contributed by atoms with Crippen molar-refractivity contribution in [2.24, 2.45) is 0 Å². The number of nitrogens with two attached hydrogens (primary N) is 1.